The highest BCUT2D eigenvalue weighted by Gasteiger charge is 2.25. The number of aliphatic hydroxyl groups is 1. The van der Waals surface area contributed by atoms with Gasteiger partial charge in [0.15, 0.2) is 0 Å². The van der Waals surface area contributed by atoms with Crippen LogP contribution in [-0.4, -0.2) is 11.7 Å². The van der Waals surface area contributed by atoms with Gasteiger partial charge >= 0.3 is 0 Å². The summed E-state index contributed by atoms with van der Waals surface area (Å²) in [6, 6.07) is 12.3. The van der Waals surface area contributed by atoms with Crippen molar-refractivity contribution in [2.24, 2.45) is 5.73 Å². The Hall–Kier alpha value is -1.71. The van der Waals surface area contributed by atoms with Gasteiger partial charge in [-0.25, -0.2) is 4.39 Å². The summed E-state index contributed by atoms with van der Waals surface area (Å²) in [5.74, 6) is -0.774. The number of aryl methyl sites for hydroxylation is 2. The molecule has 0 amide bonds. The Labute approximate surface area is 119 Å². The normalized spacial score (nSPS) is 14.1. The van der Waals surface area contributed by atoms with Crippen LogP contribution in [0.1, 0.15) is 34.3 Å². The molecule has 0 aliphatic heterocycles. The maximum Gasteiger partial charge on any atom is 0.126 e. The Morgan fingerprint density at radius 3 is 2.40 bits per heavy atom. The molecule has 2 nitrogen and oxygen atoms in total. The minimum atomic E-state index is -0.808. The molecular weight excluding hydrogens is 253 g/mol. The first-order chi connectivity index (χ1) is 9.54. The van der Waals surface area contributed by atoms with Crippen LogP contribution in [0.4, 0.5) is 4.39 Å². The van der Waals surface area contributed by atoms with Gasteiger partial charge in [-0.15, -0.1) is 0 Å². The van der Waals surface area contributed by atoms with Crippen molar-refractivity contribution in [2.75, 3.05) is 6.54 Å². The van der Waals surface area contributed by atoms with Crippen molar-refractivity contribution in [3.05, 3.63) is 70.5 Å². The Balaban J connectivity index is 2.39. The summed E-state index contributed by atoms with van der Waals surface area (Å²) in [5.41, 5.74) is 9.15. The molecule has 2 aromatic rings. The number of hydrogen-bond donors (Lipinski definition) is 2. The lowest BCUT2D eigenvalue weighted by atomic mass is 9.87. The van der Waals surface area contributed by atoms with Crippen molar-refractivity contribution in [1.29, 1.82) is 0 Å². The first kappa shape index (κ1) is 14.7. The predicted octanol–water partition coefficient (Wildman–Crippen LogP) is 3.22. The molecule has 2 rings (SSSR count). The van der Waals surface area contributed by atoms with Crippen molar-refractivity contribution in [2.45, 2.75) is 25.9 Å². The SMILES string of the molecule is Cc1ccc(C(O)C(CN)c2ccccc2F)c(C)c1. The van der Waals surface area contributed by atoms with Crippen molar-refractivity contribution in [3.63, 3.8) is 0 Å². The number of hydrogen-bond acceptors (Lipinski definition) is 2. The van der Waals surface area contributed by atoms with Crippen LogP contribution in [0.3, 0.4) is 0 Å². The van der Waals surface area contributed by atoms with Crippen molar-refractivity contribution in [1.82, 2.24) is 0 Å². The number of halogens is 1. The third-order valence-electron chi connectivity index (χ3n) is 3.68. The molecule has 2 atom stereocenters. The van der Waals surface area contributed by atoms with Crippen LogP contribution in [0.15, 0.2) is 42.5 Å². The van der Waals surface area contributed by atoms with Crippen LogP contribution in [0, 0.1) is 19.7 Å². The van der Waals surface area contributed by atoms with E-state index in [0.29, 0.717) is 5.56 Å². The minimum absolute atomic E-state index is 0.190. The molecule has 20 heavy (non-hydrogen) atoms. The van der Waals surface area contributed by atoms with Crippen LogP contribution in [0.5, 0.6) is 0 Å². The largest absolute Gasteiger partial charge is 0.388 e. The van der Waals surface area contributed by atoms with E-state index in [9.17, 15) is 9.50 Å². The molecule has 0 bridgehead atoms. The van der Waals surface area contributed by atoms with Crippen LogP contribution >= 0.6 is 0 Å². The standard InChI is InChI=1S/C17H20FNO/c1-11-7-8-13(12(2)9-11)17(20)15(10-19)14-5-3-4-6-16(14)18/h3-9,15,17,20H,10,19H2,1-2H3. The Morgan fingerprint density at radius 1 is 1.10 bits per heavy atom. The Morgan fingerprint density at radius 2 is 1.80 bits per heavy atom. The molecule has 0 aromatic heterocycles. The lowest BCUT2D eigenvalue weighted by Crippen LogP contribution is -2.21. The molecule has 0 heterocycles. The van der Waals surface area contributed by atoms with Gasteiger partial charge in [-0.1, -0.05) is 42.0 Å². The maximum absolute atomic E-state index is 13.9. The zero-order valence-corrected chi connectivity index (χ0v) is 11.8. The van der Waals surface area contributed by atoms with E-state index in [2.05, 4.69) is 0 Å². The van der Waals surface area contributed by atoms with E-state index in [4.69, 9.17) is 5.73 Å². The van der Waals surface area contributed by atoms with E-state index in [1.165, 1.54) is 6.07 Å². The number of nitrogens with two attached hydrogens (primary N) is 1. The maximum atomic E-state index is 13.9. The molecule has 3 heteroatoms. The lowest BCUT2D eigenvalue weighted by Gasteiger charge is -2.24. The highest BCUT2D eigenvalue weighted by Crippen LogP contribution is 2.33. The molecular formula is C17H20FNO. The van der Waals surface area contributed by atoms with Crippen molar-refractivity contribution >= 4 is 0 Å². The Bertz CT molecular complexity index is 597. The third-order valence-corrected chi connectivity index (χ3v) is 3.68. The molecule has 0 fully saturated rings. The summed E-state index contributed by atoms with van der Waals surface area (Å²) in [5, 5.41) is 10.6. The van der Waals surface area contributed by atoms with Gasteiger partial charge < -0.3 is 10.8 Å². The molecule has 106 valence electrons. The van der Waals surface area contributed by atoms with E-state index in [-0.39, 0.29) is 12.4 Å². The van der Waals surface area contributed by atoms with Gasteiger partial charge in [-0.3, -0.25) is 0 Å². The molecule has 2 aromatic carbocycles. The average molecular weight is 273 g/mol. The Kier molecular flexibility index (Phi) is 4.53. The van der Waals surface area contributed by atoms with Crippen LogP contribution < -0.4 is 5.73 Å². The van der Waals surface area contributed by atoms with Crippen LogP contribution in [-0.2, 0) is 0 Å². The van der Waals surface area contributed by atoms with Gasteiger partial charge in [0.1, 0.15) is 5.82 Å². The quantitative estimate of drug-likeness (QED) is 0.898. The third kappa shape index (κ3) is 2.89. The van der Waals surface area contributed by atoms with E-state index in [1.54, 1.807) is 18.2 Å². The molecule has 0 radical (unpaired) electrons. The highest BCUT2D eigenvalue weighted by atomic mass is 19.1. The number of benzene rings is 2. The van der Waals surface area contributed by atoms with Crippen LogP contribution in [0.25, 0.3) is 0 Å². The van der Waals surface area contributed by atoms with Gasteiger partial charge in [-0.05, 0) is 36.6 Å². The fourth-order valence-corrected chi connectivity index (χ4v) is 2.58. The summed E-state index contributed by atoms with van der Waals surface area (Å²) in [7, 11) is 0. The van der Waals surface area contributed by atoms with E-state index in [1.807, 2.05) is 32.0 Å². The molecule has 0 saturated heterocycles. The summed E-state index contributed by atoms with van der Waals surface area (Å²) in [6.45, 7) is 4.14. The number of rotatable bonds is 4. The van der Waals surface area contributed by atoms with Crippen LogP contribution in [0.2, 0.25) is 0 Å². The summed E-state index contributed by atoms with van der Waals surface area (Å²) >= 11 is 0. The monoisotopic (exact) mass is 273 g/mol. The topological polar surface area (TPSA) is 46.2 Å². The second-order valence-corrected chi connectivity index (χ2v) is 5.17. The fourth-order valence-electron chi connectivity index (χ4n) is 2.58. The summed E-state index contributed by atoms with van der Waals surface area (Å²) in [6.07, 6.45) is -0.808. The number of aliphatic hydroxyl groups excluding tert-OH is 1. The smallest absolute Gasteiger partial charge is 0.126 e. The lowest BCUT2D eigenvalue weighted by molar-refractivity contribution is 0.145. The molecule has 0 saturated carbocycles. The second-order valence-electron chi connectivity index (χ2n) is 5.17. The van der Waals surface area contributed by atoms with Gasteiger partial charge in [0.25, 0.3) is 0 Å². The molecule has 2 unspecified atom stereocenters. The van der Waals surface area contributed by atoms with E-state index in [0.717, 1.165) is 16.7 Å². The van der Waals surface area contributed by atoms with E-state index >= 15 is 0 Å². The average Bonchev–Trinajstić information content (AvgIpc) is 2.41. The van der Waals surface area contributed by atoms with Gasteiger partial charge in [0, 0.05) is 12.5 Å². The van der Waals surface area contributed by atoms with Crippen molar-refractivity contribution in [3.8, 4) is 0 Å². The van der Waals surface area contributed by atoms with Crippen molar-refractivity contribution < 1.29 is 9.50 Å². The van der Waals surface area contributed by atoms with Gasteiger partial charge in [0.05, 0.1) is 6.10 Å². The zero-order valence-electron chi connectivity index (χ0n) is 11.8. The minimum Gasteiger partial charge on any atom is -0.388 e. The summed E-state index contributed by atoms with van der Waals surface area (Å²) < 4.78 is 13.9. The predicted molar refractivity (Wildman–Crippen MR) is 79.1 cm³/mol. The van der Waals surface area contributed by atoms with Gasteiger partial charge in [-0.2, -0.15) is 0 Å². The first-order valence-electron chi connectivity index (χ1n) is 6.74. The van der Waals surface area contributed by atoms with E-state index < -0.39 is 12.0 Å². The molecule has 0 aliphatic rings. The molecule has 3 N–H and O–H groups in total. The molecule has 0 aliphatic carbocycles. The second kappa shape index (κ2) is 6.16. The highest BCUT2D eigenvalue weighted by molar-refractivity contribution is 5.35. The fraction of sp³-hybridized carbons (Fsp3) is 0.294. The van der Waals surface area contributed by atoms with Gasteiger partial charge in [0.2, 0.25) is 0 Å². The zero-order chi connectivity index (χ0) is 14.7. The summed E-state index contributed by atoms with van der Waals surface area (Å²) in [4.78, 5) is 0. The first-order valence-corrected chi connectivity index (χ1v) is 6.74. The molecule has 0 spiro atoms.